The van der Waals surface area contributed by atoms with Crippen LogP contribution in [0.4, 0.5) is 0 Å². The molecule has 2 rings (SSSR count). The first-order valence-corrected chi connectivity index (χ1v) is 6.89. The van der Waals surface area contributed by atoms with E-state index in [9.17, 15) is 15.3 Å². The van der Waals surface area contributed by atoms with E-state index < -0.39 is 5.75 Å². The van der Waals surface area contributed by atoms with E-state index in [4.69, 9.17) is 4.74 Å². The van der Waals surface area contributed by atoms with Crippen LogP contribution in [-0.4, -0.2) is 59.1 Å². The number of nitrogens with one attached hydrogen (secondary N) is 1. The maximum absolute atomic E-state index is 9.71. The molecule has 6 nitrogen and oxygen atoms in total. The van der Waals surface area contributed by atoms with Gasteiger partial charge in [-0.1, -0.05) is 13.0 Å². The fraction of sp³-hybridized carbons (Fsp3) is 0.571. The maximum Gasteiger partial charge on any atom is 0.200 e. The molecule has 1 heterocycles. The number of rotatable bonds is 5. The molecule has 0 amide bonds. The molecular weight excluding hydrogens is 260 g/mol. The summed E-state index contributed by atoms with van der Waals surface area (Å²) in [4.78, 5) is 2.33. The molecule has 112 valence electrons. The fourth-order valence-corrected chi connectivity index (χ4v) is 2.31. The third kappa shape index (κ3) is 3.53. The van der Waals surface area contributed by atoms with Gasteiger partial charge in [-0.15, -0.1) is 0 Å². The van der Waals surface area contributed by atoms with Crippen molar-refractivity contribution in [2.24, 2.45) is 0 Å². The van der Waals surface area contributed by atoms with Crippen molar-refractivity contribution in [2.75, 3.05) is 32.8 Å². The number of ether oxygens (including phenoxy) is 1. The van der Waals surface area contributed by atoms with Crippen molar-refractivity contribution in [1.29, 1.82) is 0 Å². The van der Waals surface area contributed by atoms with E-state index in [2.05, 4.69) is 17.1 Å². The molecule has 1 unspecified atom stereocenters. The molecule has 1 aliphatic heterocycles. The number of benzene rings is 1. The summed E-state index contributed by atoms with van der Waals surface area (Å²) in [5.74, 6) is -1.08. The highest BCUT2D eigenvalue weighted by Crippen LogP contribution is 2.36. The number of morpholine rings is 1. The Morgan fingerprint density at radius 2 is 2.10 bits per heavy atom. The van der Waals surface area contributed by atoms with Gasteiger partial charge in [0.15, 0.2) is 11.5 Å². The second-order valence-corrected chi connectivity index (χ2v) is 4.96. The molecule has 20 heavy (non-hydrogen) atoms. The quantitative estimate of drug-likeness (QED) is 0.592. The fourth-order valence-electron chi connectivity index (χ4n) is 2.31. The third-order valence-electron chi connectivity index (χ3n) is 3.57. The smallest absolute Gasteiger partial charge is 0.200 e. The van der Waals surface area contributed by atoms with Crippen molar-refractivity contribution < 1.29 is 20.1 Å². The Morgan fingerprint density at radius 3 is 2.85 bits per heavy atom. The zero-order valence-corrected chi connectivity index (χ0v) is 11.7. The lowest BCUT2D eigenvalue weighted by Crippen LogP contribution is -2.46. The van der Waals surface area contributed by atoms with Crippen LogP contribution in [-0.2, 0) is 11.3 Å². The van der Waals surface area contributed by atoms with Crippen molar-refractivity contribution >= 4 is 0 Å². The van der Waals surface area contributed by atoms with Gasteiger partial charge in [0, 0.05) is 31.7 Å². The average molecular weight is 282 g/mol. The maximum atomic E-state index is 9.71. The predicted octanol–water partition coefficient (Wildman–Crippen LogP) is 0.614. The molecule has 1 aromatic rings. The van der Waals surface area contributed by atoms with Gasteiger partial charge in [-0.3, -0.25) is 4.90 Å². The van der Waals surface area contributed by atoms with Gasteiger partial charge in [0.1, 0.15) is 0 Å². The third-order valence-corrected chi connectivity index (χ3v) is 3.57. The molecule has 0 bridgehead atoms. The standard InChI is InChI=1S/C14H22N2O4/c1-2-16-5-6-20-11(9-16)8-15-7-10-3-4-12(17)14(19)13(10)18/h3-4,11,15,17-19H,2,5-9H2,1H3. The van der Waals surface area contributed by atoms with E-state index in [0.29, 0.717) is 18.7 Å². The number of phenols is 3. The van der Waals surface area contributed by atoms with E-state index in [-0.39, 0.29) is 17.6 Å². The minimum atomic E-state index is -0.477. The molecule has 6 heteroatoms. The number of nitrogens with zero attached hydrogens (tertiary/aromatic N) is 1. The number of hydrogen-bond donors (Lipinski definition) is 4. The van der Waals surface area contributed by atoms with Crippen LogP contribution in [0.1, 0.15) is 12.5 Å². The molecule has 0 radical (unpaired) electrons. The first-order chi connectivity index (χ1) is 9.61. The van der Waals surface area contributed by atoms with Crippen LogP contribution in [0.25, 0.3) is 0 Å². The summed E-state index contributed by atoms with van der Waals surface area (Å²) in [5, 5.41) is 31.6. The number of phenolic OH excluding ortho intramolecular Hbond substituents is 3. The molecule has 1 saturated heterocycles. The van der Waals surface area contributed by atoms with Crippen LogP contribution < -0.4 is 5.32 Å². The summed E-state index contributed by atoms with van der Waals surface area (Å²) >= 11 is 0. The summed E-state index contributed by atoms with van der Waals surface area (Å²) in [6.45, 7) is 6.85. The van der Waals surface area contributed by atoms with E-state index in [1.807, 2.05) is 0 Å². The topological polar surface area (TPSA) is 85.2 Å². The van der Waals surface area contributed by atoms with Crippen LogP contribution in [0.5, 0.6) is 17.2 Å². The first-order valence-electron chi connectivity index (χ1n) is 6.89. The Kier molecular flexibility index (Phi) is 5.05. The normalized spacial score (nSPS) is 20.1. The van der Waals surface area contributed by atoms with Gasteiger partial charge in [-0.05, 0) is 12.6 Å². The summed E-state index contributed by atoms with van der Waals surface area (Å²) in [6.07, 6.45) is 0.136. The Balaban J connectivity index is 1.82. The van der Waals surface area contributed by atoms with Gasteiger partial charge in [-0.25, -0.2) is 0 Å². The molecule has 0 aromatic heterocycles. The number of hydrogen-bond acceptors (Lipinski definition) is 6. The van der Waals surface area contributed by atoms with Gasteiger partial charge in [-0.2, -0.15) is 0 Å². The summed E-state index contributed by atoms with van der Waals surface area (Å²) in [7, 11) is 0. The van der Waals surface area contributed by atoms with Crippen LogP contribution in [0.2, 0.25) is 0 Å². The van der Waals surface area contributed by atoms with Gasteiger partial charge in [0.05, 0.1) is 12.7 Å². The zero-order chi connectivity index (χ0) is 14.5. The van der Waals surface area contributed by atoms with Gasteiger partial charge >= 0.3 is 0 Å². The highest BCUT2D eigenvalue weighted by atomic mass is 16.5. The lowest BCUT2D eigenvalue weighted by molar-refractivity contribution is -0.0253. The van der Waals surface area contributed by atoms with Crippen molar-refractivity contribution in [1.82, 2.24) is 10.2 Å². The zero-order valence-electron chi connectivity index (χ0n) is 11.7. The van der Waals surface area contributed by atoms with Gasteiger partial charge < -0.3 is 25.4 Å². The number of likely N-dealkylation sites (N-methyl/N-ethyl adjacent to an activating group) is 1. The second kappa shape index (κ2) is 6.78. The SMILES string of the molecule is CCN1CCOC(CNCc2ccc(O)c(O)c2O)C1. The van der Waals surface area contributed by atoms with Crippen LogP contribution in [0, 0.1) is 0 Å². The Bertz CT molecular complexity index is 453. The Morgan fingerprint density at radius 1 is 1.30 bits per heavy atom. The average Bonchev–Trinajstić information content (AvgIpc) is 2.47. The molecule has 1 aromatic carbocycles. The molecule has 4 N–H and O–H groups in total. The van der Waals surface area contributed by atoms with Crippen LogP contribution in [0.15, 0.2) is 12.1 Å². The van der Waals surface area contributed by atoms with E-state index in [1.165, 1.54) is 6.07 Å². The van der Waals surface area contributed by atoms with Crippen LogP contribution in [0.3, 0.4) is 0 Å². The summed E-state index contributed by atoms with van der Waals surface area (Å²) in [5.41, 5.74) is 0.545. The number of aromatic hydroxyl groups is 3. The molecule has 1 aliphatic rings. The van der Waals surface area contributed by atoms with Crippen LogP contribution >= 0.6 is 0 Å². The summed E-state index contributed by atoms with van der Waals surface area (Å²) < 4.78 is 5.66. The molecule has 0 saturated carbocycles. The Labute approximate surface area is 118 Å². The molecule has 0 aliphatic carbocycles. The van der Waals surface area contributed by atoms with Crippen molar-refractivity contribution in [3.63, 3.8) is 0 Å². The van der Waals surface area contributed by atoms with E-state index in [0.717, 1.165) is 26.2 Å². The molecule has 1 atom stereocenters. The lowest BCUT2D eigenvalue weighted by Gasteiger charge is -2.32. The molecular formula is C14H22N2O4. The highest BCUT2D eigenvalue weighted by Gasteiger charge is 2.19. The minimum absolute atomic E-state index is 0.136. The minimum Gasteiger partial charge on any atom is -0.504 e. The molecule has 1 fully saturated rings. The van der Waals surface area contributed by atoms with E-state index >= 15 is 0 Å². The van der Waals surface area contributed by atoms with Crippen molar-refractivity contribution in [3.8, 4) is 17.2 Å². The van der Waals surface area contributed by atoms with Crippen molar-refractivity contribution in [3.05, 3.63) is 17.7 Å². The lowest BCUT2D eigenvalue weighted by atomic mass is 10.1. The Hall–Kier alpha value is -1.50. The molecule has 0 spiro atoms. The predicted molar refractivity (Wildman–Crippen MR) is 75.0 cm³/mol. The van der Waals surface area contributed by atoms with E-state index in [1.54, 1.807) is 6.07 Å². The monoisotopic (exact) mass is 282 g/mol. The van der Waals surface area contributed by atoms with Crippen molar-refractivity contribution in [2.45, 2.75) is 19.6 Å². The second-order valence-electron chi connectivity index (χ2n) is 4.96. The van der Waals surface area contributed by atoms with Gasteiger partial charge in [0.2, 0.25) is 5.75 Å². The summed E-state index contributed by atoms with van der Waals surface area (Å²) in [6, 6.07) is 2.94. The highest BCUT2D eigenvalue weighted by molar-refractivity contribution is 5.52. The van der Waals surface area contributed by atoms with Gasteiger partial charge in [0.25, 0.3) is 0 Å². The first kappa shape index (κ1) is 14.9. The largest absolute Gasteiger partial charge is 0.504 e.